The lowest BCUT2D eigenvalue weighted by Gasteiger charge is -2.50. The number of hydrogen-bond acceptors (Lipinski definition) is 4. The van der Waals surface area contributed by atoms with Crippen LogP contribution in [0.2, 0.25) is 5.02 Å². The van der Waals surface area contributed by atoms with Crippen LogP contribution >= 0.6 is 11.6 Å². The predicted octanol–water partition coefficient (Wildman–Crippen LogP) is 3.54. The van der Waals surface area contributed by atoms with E-state index in [-0.39, 0.29) is 5.60 Å². The summed E-state index contributed by atoms with van der Waals surface area (Å²) in [5.74, 6) is 0.469. The molecule has 2 aliphatic heterocycles. The number of aromatic nitrogens is 1. The van der Waals surface area contributed by atoms with Gasteiger partial charge in [0.1, 0.15) is 0 Å². The Morgan fingerprint density at radius 2 is 2.00 bits per heavy atom. The van der Waals surface area contributed by atoms with Crippen LogP contribution in [-0.4, -0.2) is 41.8 Å². The Bertz CT molecular complexity index is 704. The fourth-order valence-corrected chi connectivity index (χ4v) is 4.05. The molecule has 0 unspecified atom stereocenters. The Hall–Kier alpha value is -1.46. The highest BCUT2D eigenvalue weighted by atomic mass is 35.5. The number of likely N-dealkylation sites (tertiary alicyclic amines) is 1. The number of pyridine rings is 1. The van der Waals surface area contributed by atoms with Gasteiger partial charge in [-0.25, -0.2) is 0 Å². The van der Waals surface area contributed by atoms with Crippen LogP contribution in [0.4, 0.5) is 0 Å². The SMILES string of the molecule is Clc1ccccc1CN1CC2(C1)OCC[C@@H]2COCc1ccncc1. The zero-order valence-electron chi connectivity index (χ0n) is 14.2. The topological polar surface area (TPSA) is 34.6 Å². The quantitative estimate of drug-likeness (QED) is 0.791. The van der Waals surface area contributed by atoms with Gasteiger partial charge in [-0.2, -0.15) is 0 Å². The first-order valence-electron chi connectivity index (χ1n) is 8.81. The number of rotatable bonds is 6. The summed E-state index contributed by atoms with van der Waals surface area (Å²) in [7, 11) is 0. The molecule has 2 saturated heterocycles. The highest BCUT2D eigenvalue weighted by Crippen LogP contribution is 2.41. The Kier molecular flexibility index (Phi) is 5.04. The molecule has 2 aliphatic rings. The Morgan fingerprint density at radius 3 is 2.80 bits per heavy atom. The molecule has 1 aromatic heterocycles. The van der Waals surface area contributed by atoms with E-state index in [1.165, 1.54) is 5.56 Å². The van der Waals surface area contributed by atoms with Crippen molar-refractivity contribution in [1.82, 2.24) is 9.88 Å². The fourth-order valence-electron chi connectivity index (χ4n) is 3.86. The van der Waals surface area contributed by atoms with Gasteiger partial charge in [0.2, 0.25) is 0 Å². The van der Waals surface area contributed by atoms with Crippen LogP contribution < -0.4 is 0 Å². The first-order chi connectivity index (χ1) is 12.3. The van der Waals surface area contributed by atoms with Crippen molar-refractivity contribution in [1.29, 1.82) is 0 Å². The third-order valence-corrected chi connectivity index (χ3v) is 5.64. The summed E-state index contributed by atoms with van der Waals surface area (Å²) in [6.07, 6.45) is 4.69. The summed E-state index contributed by atoms with van der Waals surface area (Å²) in [5, 5.41) is 0.841. The molecular formula is C20H23ClN2O2. The second-order valence-electron chi connectivity index (χ2n) is 7.01. The van der Waals surface area contributed by atoms with Crippen molar-refractivity contribution in [2.45, 2.75) is 25.2 Å². The van der Waals surface area contributed by atoms with Gasteiger partial charge in [-0.05, 0) is 35.7 Å². The lowest BCUT2D eigenvalue weighted by Crippen LogP contribution is -2.64. The van der Waals surface area contributed by atoms with Crippen LogP contribution in [0, 0.1) is 5.92 Å². The summed E-state index contributed by atoms with van der Waals surface area (Å²) >= 11 is 6.27. The highest BCUT2D eigenvalue weighted by molar-refractivity contribution is 6.31. The molecule has 3 heterocycles. The Morgan fingerprint density at radius 1 is 1.20 bits per heavy atom. The lowest BCUT2D eigenvalue weighted by atomic mass is 9.81. The standard InChI is InChI=1S/C20H23ClN2O2/c21-19-4-2-1-3-17(19)11-23-14-20(15-23)18(7-10-25-20)13-24-12-16-5-8-22-9-6-16/h1-6,8-9,18H,7,10-15H2/t18-/m1/s1. The monoisotopic (exact) mass is 358 g/mol. The minimum absolute atomic E-state index is 0.0283. The van der Waals surface area contributed by atoms with E-state index in [0.717, 1.165) is 49.9 Å². The van der Waals surface area contributed by atoms with Gasteiger partial charge < -0.3 is 9.47 Å². The normalized spacial score (nSPS) is 22.2. The maximum Gasteiger partial charge on any atom is 0.0985 e. The Balaban J connectivity index is 1.28. The van der Waals surface area contributed by atoms with Gasteiger partial charge in [0, 0.05) is 49.6 Å². The molecule has 1 atom stereocenters. The fraction of sp³-hybridized carbons (Fsp3) is 0.450. The average molecular weight is 359 g/mol. The minimum atomic E-state index is -0.0283. The van der Waals surface area contributed by atoms with Crippen LogP contribution in [0.5, 0.6) is 0 Å². The molecule has 4 nitrogen and oxygen atoms in total. The summed E-state index contributed by atoms with van der Waals surface area (Å²) in [6, 6.07) is 12.1. The zero-order chi connectivity index (χ0) is 17.1. The molecule has 0 bridgehead atoms. The summed E-state index contributed by atoms with van der Waals surface area (Å²) in [6.45, 7) is 5.03. The first kappa shape index (κ1) is 17.0. The maximum absolute atomic E-state index is 6.27. The molecule has 4 rings (SSSR count). The van der Waals surface area contributed by atoms with Gasteiger partial charge in [0.15, 0.2) is 0 Å². The Labute approximate surface area is 153 Å². The summed E-state index contributed by atoms with van der Waals surface area (Å²) < 4.78 is 12.1. The van der Waals surface area contributed by atoms with Crippen molar-refractivity contribution in [3.63, 3.8) is 0 Å². The molecule has 2 aromatic rings. The zero-order valence-corrected chi connectivity index (χ0v) is 15.0. The number of ether oxygens (including phenoxy) is 2. The van der Waals surface area contributed by atoms with Gasteiger partial charge in [-0.15, -0.1) is 0 Å². The van der Waals surface area contributed by atoms with Gasteiger partial charge in [0.05, 0.1) is 18.8 Å². The first-order valence-corrected chi connectivity index (χ1v) is 9.19. The molecule has 2 fully saturated rings. The van der Waals surface area contributed by atoms with Crippen LogP contribution in [0.15, 0.2) is 48.8 Å². The molecule has 0 radical (unpaired) electrons. The molecule has 0 aliphatic carbocycles. The van der Waals surface area contributed by atoms with E-state index in [1.54, 1.807) is 12.4 Å². The molecule has 132 valence electrons. The van der Waals surface area contributed by atoms with Gasteiger partial charge >= 0.3 is 0 Å². The van der Waals surface area contributed by atoms with E-state index in [4.69, 9.17) is 21.1 Å². The van der Waals surface area contributed by atoms with Gasteiger partial charge in [-0.1, -0.05) is 29.8 Å². The van der Waals surface area contributed by atoms with Crippen molar-refractivity contribution in [3.05, 3.63) is 64.9 Å². The smallest absolute Gasteiger partial charge is 0.0985 e. The van der Waals surface area contributed by atoms with Crippen molar-refractivity contribution < 1.29 is 9.47 Å². The number of nitrogens with zero attached hydrogens (tertiary/aromatic N) is 2. The summed E-state index contributed by atoms with van der Waals surface area (Å²) in [5.41, 5.74) is 2.32. The average Bonchev–Trinajstić information content (AvgIpc) is 3.01. The van der Waals surface area contributed by atoms with E-state index in [1.807, 2.05) is 30.3 Å². The summed E-state index contributed by atoms with van der Waals surface area (Å²) in [4.78, 5) is 6.44. The highest BCUT2D eigenvalue weighted by Gasteiger charge is 2.52. The van der Waals surface area contributed by atoms with E-state index < -0.39 is 0 Å². The minimum Gasteiger partial charge on any atom is -0.376 e. The molecule has 1 spiro atoms. The van der Waals surface area contributed by atoms with E-state index >= 15 is 0 Å². The predicted molar refractivity (Wildman–Crippen MR) is 97.4 cm³/mol. The van der Waals surface area contributed by atoms with E-state index in [0.29, 0.717) is 12.5 Å². The maximum atomic E-state index is 6.27. The van der Waals surface area contributed by atoms with Gasteiger partial charge in [0.25, 0.3) is 0 Å². The van der Waals surface area contributed by atoms with Gasteiger partial charge in [-0.3, -0.25) is 9.88 Å². The van der Waals surface area contributed by atoms with Crippen molar-refractivity contribution in [3.8, 4) is 0 Å². The van der Waals surface area contributed by atoms with E-state index in [9.17, 15) is 0 Å². The number of benzene rings is 1. The largest absolute Gasteiger partial charge is 0.376 e. The number of halogens is 1. The van der Waals surface area contributed by atoms with Crippen molar-refractivity contribution in [2.75, 3.05) is 26.3 Å². The van der Waals surface area contributed by atoms with Crippen LogP contribution in [0.1, 0.15) is 17.5 Å². The van der Waals surface area contributed by atoms with Crippen LogP contribution in [0.3, 0.4) is 0 Å². The molecular weight excluding hydrogens is 336 g/mol. The third kappa shape index (κ3) is 3.72. The second-order valence-corrected chi connectivity index (χ2v) is 7.41. The molecule has 0 N–H and O–H groups in total. The molecule has 5 heteroatoms. The van der Waals surface area contributed by atoms with E-state index in [2.05, 4.69) is 16.0 Å². The third-order valence-electron chi connectivity index (χ3n) is 5.27. The van der Waals surface area contributed by atoms with Crippen molar-refractivity contribution in [2.24, 2.45) is 5.92 Å². The molecule has 1 aromatic carbocycles. The molecule has 0 amide bonds. The molecule has 0 saturated carbocycles. The van der Waals surface area contributed by atoms with Crippen LogP contribution in [-0.2, 0) is 22.6 Å². The van der Waals surface area contributed by atoms with Crippen molar-refractivity contribution >= 4 is 11.6 Å². The van der Waals surface area contributed by atoms with Crippen LogP contribution in [0.25, 0.3) is 0 Å². The second kappa shape index (κ2) is 7.42. The lowest BCUT2D eigenvalue weighted by molar-refractivity contribution is -0.146. The molecule has 25 heavy (non-hydrogen) atoms. The number of hydrogen-bond donors (Lipinski definition) is 0.